The van der Waals surface area contributed by atoms with Crippen molar-refractivity contribution in [3.8, 4) is 0 Å². The van der Waals surface area contributed by atoms with Crippen LogP contribution in [-0.2, 0) is 19.4 Å². The first-order valence-corrected chi connectivity index (χ1v) is 10.3. The molecule has 3 amide bonds. The van der Waals surface area contributed by atoms with Crippen LogP contribution in [0.25, 0.3) is 0 Å². The van der Waals surface area contributed by atoms with Gasteiger partial charge in [-0.25, -0.2) is 13.4 Å². The molecule has 1 atom stereocenters. The maximum Gasteiger partial charge on any atom is 0.271 e. The summed E-state index contributed by atoms with van der Waals surface area (Å²) in [4.78, 5) is 36.1. The predicted molar refractivity (Wildman–Crippen MR) is 99.0 cm³/mol. The Bertz CT molecular complexity index is 908. The van der Waals surface area contributed by atoms with Gasteiger partial charge in [-0.3, -0.25) is 14.4 Å². The van der Waals surface area contributed by atoms with Gasteiger partial charge in [0.05, 0.1) is 17.5 Å². The van der Waals surface area contributed by atoms with Gasteiger partial charge in [0.2, 0.25) is 5.91 Å². The number of rotatable bonds is 4. The number of hydrogen-bond acceptors (Lipinski definition) is 6. The molecule has 0 saturated carbocycles. The van der Waals surface area contributed by atoms with E-state index in [0.717, 1.165) is 5.01 Å². The number of hydrogen-bond donors (Lipinski definition) is 2. The minimum atomic E-state index is -3.16. The molecular formula is C17H20N4O5S. The maximum atomic E-state index is 12.5. The van der Waals surface area contributed by atoms with E-state index in [9.17, 15) is 22.8 Å². The average Bonchev–Trinajstić information content (AvgIpc) is 3.01. The fourth-order valence-corrected chi connectivity index (χ4v) is 4.73. The molecule has 0 radical (unpaired) electrons. The second kappa shape index (κ2) is 7.47. The van der Waals surface area contributed by atoms with E-state index >= 15 is 0 Å². The molecule has 0 bridgehead atoms. The molecule has 2 aliphatic heterocycles. The van der Waals surface area contributed by atoms with Gasteiger partial charge < -0.3 is 10.6 Å². The molecule has 144 valence electrons. The van der Waals surface area contributed by atoms with Crippen LogP contribution in [0, 0.1) is 0 Å². The van der Waals surface area contributed by atoms with Gasteiger partial charge in [0.15, 0.2) is 9.84 Å². The van der Waals surface area contributed by atoms with Crippen molar-refractivity contribution in [2.45, 2.75) is 25.3 Å². The zero-order valence-electron chi connectivity index (χ0n) is 14.8. The normalized spacial score (nSPS) is 21.5. The van der Waals surface area contributed by atoms with Crippen LogP contribution in [0.1, 0.15) is 29.6 Å². The molecule has 1 aromatic carbocycles. The number of nitrogens with one attached hydrogen (secondary N) is 2. The fraction of sp³-hybridized carbons (Fsp3) is 0.412. The smallest absolute Gasteiger partial charge is 0.271 e. The quantitative estimate of drug-likeness (QED) is 0.755. The van der Waals surface area contributed by atoms with Crippen molar-refractivity contribution in [1.82, 2.24) is 10.3 Å². The van der Waals surface area contributed by atoms with Gasteiger partial charge in [-0.15, -0.1) is 0 Å². The lowest BCUT2D eigenvalue weighted by Gasteiger charge is -2.27. The number of sulfone groups is 1. The van der Waals surface area contributed by atoms with Crippen LogP contribution in [0.2, 0.25) is 0 Å². The number of amides is 3. The van der Waals surface area contributed by atoms with E-state index in [1.165, 1.54) is 7.05 Å². The van der Waals surface area contributed by atoms with Gasteiger partial charge in [0.25, 0.3) is 11.8 Å². The van der Waals surface area contributed by atoms with Crippen molar-refractivity contribution < 1.29 is 22.8 Å². The largest absolute Gasteiger partial charge is 0.355 e. The highest BCUT2D eigenvalue weighted by Crippen LogP contribution is 2.22. The lowest BCUT2D eigenvalue weighted by molar-refractivity contribution is -0.133. The zero-order valence-corrected chi connectivity index (χ0v) is 15.6. The van der Waals surface area contributed by atoms with Crippen molar-refractivity contribution in [1.29, 1.82) is 0 Å². The third kappa shape index (κ3) is 4.33. The number of carbonyl (C=O) groups is 3. The van der Waals surface area contributed by atoms with Crippen molar-refractivity contribution in [3.63, 3.8) is 0 Å². The monoisotopic (exact) mass is 392 g/mol. The van der Waals surface area contributed by atoms with Crippen LogP contribution >= 0.6 is 0 Å². The second-order valence-corrected chi connectivity index (χ2v) is 8.68. The summed E-state index contributed by atoms with van der Waals surface area (Å²) in [6.07, 6.45) is 0.628. The molecule has 27 heavy (non-hydrogen) atoms. The Balaban J connectivity index is 1.71. The van der Waals surface area contributed by atoms with E-state index in [0.29, 0.717) is 17.7 Å². The molecule has 0 aromatic heterocycles. The van der Waals surface area contributed by atoms with Crippen molar-refractivity contribution in [2.24, 2.45) is 5.10 Å². The highest BCUT2D eigenvalue weighted by Gasteiger charge is 2.37. The Morgan fingerprint density at radius 3 is 2.44 bits per heavy atom. The number of benzene rings is 1. The molecule has 2 N–H and O–H groups in total. The summed E-state index contributed by atoms with van der Waals surface area (Å²) in [6, 6.07) is 5.83. The molecule has 2 heterocycles. The molecule has 1 fully saturated rings. The summed E-state index contributed by atoms with van der Waals surface area (Å²) >= 11 is 0. The van der Waals surface area contributed by atoms with E-state index in [1.54, 1.807) is 24.3 Å². The highest BCUT2D eigenvalue weighted by molar-refractivity contribution is 7.91. The summed E-state index contributed by atoms with van der Waals surface area (Å²) in [5.41, 5.74) is 1.13. The first-order valence-electron chi connectivity index (χ1n) is 8.52. The van der Waals surface area contributed by atoms with Crippen LogP contribution in [0.3, 0.4) is 0 Å². The maximum absolute atomic E-state index is 12.5. The Morgan fingerprint density at radius 2 is 1.85 bits per heavy atom. The number of nitrogens with zero attached hydrogens (tertiary/aromatic N) is 2. The Morgan fingerprint density at radius 1 is 1.15 bits per heavy atom. The fourth-order valence-electron chi connectivity index (χ4n) is 3.04. The first-order chi connectivity index (χ1) is 12.8. The van der Waals surface area contributed by atoms with Crippen LogP contribution in [0.5, 0.6) is 0 Å². The Hall–Kier alpha value is -2.75. The van der Waals surface area contributed by atoms with E-state index in [2.05, 4.69) is 15.7 Å². The summed E-state index contributed by atoms with van der Waals surface area (Å²) < 4.78 is 23.3. The molecule has 0 spiro atoms. The Kier molecular flexibility index (Phi) is 5.26. The van der Waals surface area contributed by atoms with Gasteiger partial charge in [-0.05, 0) is 30.7 Å². The van der Waals surface area contributed by atoms with Gasteiger partial charge in [-0.2, -0.15) is 5.10 Å². The van der Waals surface area contributed by atoms with Gasteiger partial charge >= 0.3 is 0 Å². The molecule has 0 aliphatic carbocycles. The summed E-state index contributed by atoms with van der Waals surface area (Å²) in [6.45, 7) is 0. The van der Waals surface area contributed by atoms with Crippen LogP contribution in [-0.4, -0.2) is 61.5 Å². The summed E-state index contributed by atoms with van der Waals surface area (Å²) in [5, 5.41) is 10.5. The molecule has 1 unspecified atom stereocenters. The van der Waals surface area contributed by atoms with Crippen molar-refractivity contribution in [2.75, 3.05) is 23.9 Å². The van der Waals surface area contributed by atoms with E-state index < -0.39 is 21.8 Å². The third-order valence-electron chi connectivity index (χ3n) is 4.51. The Labute approximate surface area is 156 Å². The first kappa shape index (κ1) is 19.0. The molecule has 10 heteroatoms. The second-order valence-electron chi connectivity index (χ2n) is 6.45. The predicted octanol–water partition coefficient (Wildman–Crippen LogP) is 0.150. The van der Waals surface area contributed by atoms with Crippen molar-refractivity contribution >= 4 is 39.0 Å². The molecule has 1 aromatic rings. The number of carbonyl (C=O) groups excluding carboxylic acids is 3. The van der Waals surface area contributed by atoms with Crippen molar-refractivity contribution in [3.05, 3.63) is 29.8 Å². The highest BCUT2D eigenvalue weighted by atomic mass is 32.2. The van der Waals surface area contributed by atoms with E-state index in [1.807, 2.05) is 0 Å². The minimum Gasteiger partial charge on any atom is -0.355 e. The number of anilines is 1. The van der Waals surface area contributed by atoms with Crippen LogP contribution in [0.4, 0.5) is 5.69 Å². The van der Waals surface area contributed by atoms with Gasteiger partial charge in [0, 0.05) is 31.1 Å². The third-order valence-corrected chi connectivity index (χ3v) is 6.26. The topological polar surface area (TPSA) is 125 Å². The zero-order chi connectivity index (χ0) is 19.6. The minimum absolute atomic E-state index is 0.0240. The lowest BCUT2D eigenvalue weighted by atomic mass is 10.1. The summed E-state index contributed by atoms with van der Waals surface area (Å²) in [5.74, 6) is -1.07. The molecule has 1 saturated heterocycles. The number of hydrazone groups is 1. The SMILES string of the molecule is CNC(=O)c1ccc(NC(=O)C2=NN(C3CCS(=O)(=O)C3)C(=O)CC2)cc1. The van der Waals surface area contributed by atoms with Crippen LogP contribution < -0.4 is 10.6 Å². The van der Waals surface area contributed by atoms with E-state index in [-0.39, 0.29) is 41.9 Å². The molecular weight excluding hydrogens is 372 g/mol. The standard InChI is InChI=1S/C17H20N4O5S/c1-18-16(23)11-2-4-12(5-3-11)19-17(24)14-6-7-15(22)21(20-14)13-8-9-27(25,26)10-13/h2-5,13H,6-10H2,1H3,(H,18,23)(H,19,24). The van der Waals surface area contributed by atoms with E-state index in [4.69, 9.17) is 0 Å². The molecule has 2 aliphatic rings. The molecule has 9 nitrogen and oxygen atoms in total. The average molecular weight is 392 g/mol. The summed E-state index contributed by atoms with van der Waals surface area (Å²) in [7, 11) is -1.63. The lowest BCUT2D eigenvalue weighted by Crippen LogP contribution is -2.42. The molecule has 3 rings (SSSR count). The van der Waals surface area contributed by atoms with Crippen LogP contribution in [0.15, 0.2) is 29.4 Å². The van der Waals surface area contributed by atoms with Gasteiger partial charge in [-0.1, -0.05) is 0 Å². The van der Waals surface area contributed by atoms with Gasteiger partial charge in [0.1, 0.15) is 5.71 Å².